The number of anilines is 1. The monoisotopic (exact) mass is 366 g/mol. The number of imide groups is 1. The van der Waals surface area contributed by atoms with Crippen LogP contribution >= 0.6 is 0 Å². The molecule has 6 heteroatoms. The third-order valence-corrected chi connectivity index (χ3v) is 4.61. The van der Waals surface area contributed by atoms with E-state index in [4.69, 9.17) is 9.47 Å². The molecule has 0 aliphatic carbocycles. The number of para-hydroxylation sites is 1. The Morgan fingerprint density at radius 1 is 0.926 bits per heavy atom. The summed E-state index contributed by atoms with van der Waals surface area (Å²) in [7, 11) is 4.87. The van der Waals surface area contributed by atoms with Crippen molar-refractivity contribution in [3.63, 3.8) is 0 Å². The van der Waals surface area contributed by atoms with E-state index < -0.39 is 0 Å². The van der Waals surface area contributed by atoms with Crippen LogP contribution in [0.15, 0.2) is 54.2 Å². The van der Waals surface area contributed by atoms with Gasteiger partial charge in [0.25, 0.3) is 11.8 Å². The molecule has 1 aliphatic rings. The highest BCUT2D eigenvalue weighted by atomic mass is 16.5. The Labute approximate surface area is 158 Å². The highest BCUT2D eigenvalue weighted by Crippen LogP contribution is 2.37. The molecule has 2 aromatic carbocycles. The molecule has 3 rings (SSSR count). The number of rotatable bonds is 6. The number of hydrogen-bond donors (Lipinski definition) is 0. The summed E-state index contributed by atoms with van der Waals surface area (Å²) in [6, 6.07) is 14.7. The molecule has 1 heterocycles. The first-order valence-electron chi connectivity index (χ1n) is 8.65. The highest BCUT2D eigenvalue weighted by molar-refractivity contribution is 6.36. The maximum atomic E-state index is 13.0. The van der Waals surface area contributed by atoms with Crippen molar-refractivity contribution >= 4 is 23.1 Å². The Morgan fingerprint density at radius 3 is 2.19 bits per heavy atom. The first kappa shape index (κ1) is 18.5. The van der Waals surface area contributed by atoms with Crippen molar-refractivity contribution in [1.82, 2.24) is 4.90 Å². The number of ether oxygens (including phenoxy) is 2. The first-order valence-corrected chi connectivity index (χ1v) is 8.65. The molecule has 2 amide bonds. The summed E-state index contributed by atoms with van der Waals surface area (Å²) in [4.78, 5) is 29.0. The second-order valence-corrected chi connectivity index (χ2v) is 6.04. The Kier molecular flexibility index (Phi) is 5.16. The van der Waals surface area contributed by atoms with Crippen LogP contribution in [0.5, 0.6) is 11.5 Å². The van der Waals surface area contributed by atoms with Crippen LogP contribution in [0.25, 0.3) is 5.57 Å². The summed E-state index contributed by atoms with van der Waals surface area (Å²) in [6.07, 6.45) is 0. The zero-order chi connectivity index (χ0) is 19.6. The number of hydrogen-bond acceptors (Lipinski definition) is 5. The molecule has 2 aromatic rings. The summed E-state index contributed by atoms with van der Waals surface area (Å²) in [5, 5.41) is 0. The van der Waals surface area contributed by atoms with Gasteiger partial charge in [-0.25, -0.2) is 0 Å². The summed E-state index contributed by atoms with van der Waals surface area (Å²) in [5.74, 6) is 0.439. The van der Waals surface area contributed by atoms with E-state index in [1.54, 1.807) is 44.2 Å². The van der Waals surface area contributed by atoms with Crippen LogP contribution in [0.3, 0.4) is 0 Å². The summed E-state index contributed by atoms with van der Waals surface area (Å²) >= 11 is 0. The maximum absolute atomic E-state index is 13.0. The standard InChI is InChI=1S/C21H22N2O4/c1-5-23-20(24)18(14-11-12-16(26-3)17(13-14)27-4)19(21(23)25)22(2)15-9-7-6-8-10-15/h6-13H,5H2,1-4H3. The average molecular weight is 366 g/mol. The minimum atomic E-state index is -0.312. The second kappa shape index (κ2) is 7.53. The fraction of sp³-hybridized carbons (Fsp3) is 0.238. The van der Waals surface area contributed by atoms with Crippen LogP contribution in [0, 0.1) is 0 Å². The van der Waals surface area contributed by atoms with Crippen LogP contribution < -0.4 is 14.4 Å². The van der Waals surface area contributed by atoms with Crippen molar-refractivity contribution in [1.29, 1.82) is 0 Å². The quantitative estimate of drug-likeness (QED) is 0.736. The fourth-order valence-corrected chi connectivity index (χ4v) is 3.19. The molecule has 1 aliphatic heterocycles. The molecule has 140 valence electrons. The summed E-state index contributed by atoms with van der Waals surface area (Å²) in [6.45, 7) is 2.09. The lowest BCUT2D eigenvalue weighted by molar-refractivity contribution is -0.136. The van der Waals surface area contributed by atoms with Gasteiger partial charge in [0.1, 0.15) is 5.70 Å². The third-order valence-electron chi connectivity index (χ3n) is 4.61. The predicted molar refractivity (Wildman–Crippen MR) is 104 cm³/mol. The molecule has 6 nitrogen and oxygen atoms in total. The van der Waals surface area contributed by atoms with Gasteiger partial charge < -0.3 is 14.4 Å². The largest absolute Gasteiger partial charge is 0.493 e. The number of nitrogens with zero attached hydrogens (tertiary/aromatic N) is 2. The molecule has 0 fully saturated rings. The zero-order valence-corrected chi connectivity index (χ0v) is 15.9. The molecule has 0 saturated heterocycles. The van der Waals surface area contributed by atoms with Gasteiger partial charge >= 0.3 is 0 Å². The lowest BCUT2D eigenvalue weighted by Crippen LogP contribution is -2.33. The van der Waals surface area contributed by atoms with Crippen LogP contribution in [0.4, 0.5) is 5.69 Å². The van der Waals surface area contributed by atoms with E-state index >= 15 is 0 Å². The van der Waals surface area contributed by atoms with E-state index in [0.717, 1.165) is 5.69 Å². The van der Waals surface area contributed by atoms with E-state index in [1.807, 2.05) is 30.3 Å². The molecule has 0 N–H and O–H groups in total. The number of amides is 2. The van der Waals surface area contributed by atoms with Crippen molar-refractivity contribution in [2.24, 2.45) is 0 Å². The van der Waals surface area contributed by atoms with E-state index in [1.165, 1.54) is 12.0 Å². The molecule has 0 radical (unpaired) electrons. The Morgan fingerprint density at radius 2 is 1.59 bits per heavy atom. The molecule has 0 spiro atoms. The summed E-state index contributed by atoms with van der Waals surface area (Å²) in [5.41, 5.74) is 2.14. The van der Waals surface area contributed by atoms with Gasteiger partial charge in [-0.05, 0) is 36.8 Å². The lowest BCUT2D eigenvalue weighted by Gasteiger charge is -2.21. The van der Waals surface area contributed by atoms with Gasteiger partial charge in [0.2, 0.25) is 0 Å². The Hall–Kier alpha value is -3.28. The number of likely N-dealkylation sites (N-methyl/N-ethyl adjacent to an activating group) is 2. The fourth-order valence-electron chi connectivity index (χ4n) is 3.19. The number of carbonyl (C=O) groups excluding carboxylic acids is 2. The topological polar surface area (TPSA) is 59.1 Å². The molecule has 27 heavy (non-hydrogen) atoms. The minimum Gasteiger partial charge on any atom is -0.493 e. The van der Waals surface area contributed by atoms with Gasteiger partial charge in [-0.3, -0.25) is 14.5 Å². The van der Waals surface area contributed by atoms with Crippen LogP contribution in [-0.4, -0.2) is 44.5 Å². The van der Waals surface area contributed by atoms with Crippen molar-refractivity contribution in [2.45, 2.75) is 6.92 Å². The predicted octanol–water partition coefficient (Wildman–Crippen LogP) is 2.94. The minimum absolute atomic E-state index is 0.306. The molecule has 0 unspecified atom stereocenters. The average Bonchev–Trinajstić information content (AvgIpc) is 2.96. The normalized spacial score (nSPS) is 14.0. The third kappa shape index (κ3) is 3.14. The van der Waals surface area contributed by atoms with E-state index in [-0.39, 0.29) is 11.8 Å². The summed E-state index contributed by atoms with van der Waals surface area (Å²) < 4.78 is 10.6. The van der Waals surface area contributed by atoms with Crippen molar-refractivity contribution in [3.05, 3.63) is 59.8 Å². The lowest BCUT2D eigenvalue weighted by atomic mass is 10.0. The van der Waals surface area contributed by atoms with E-state index in [0.29, 0.717) is 34.9 Å². The van der Waals surface area contributed by atoms with Gasteiger partial charge in [-0.1, -0.05) is 24.3 Å². The molecule has 0 bridgehead atoms. The Bertz CT molecular complexity index is 906. The van der Waals surface area contributed by atoms with Crippen molar-refractivity contribution in [3.8, 4) is 11.5 Å². The van der Waals surface area contributed by atoms with Crippen molar-refractivity contribution in [2.75, 3.05) is 32.7 Å². The van der Waals surface area contributed by atoms with E-state index in [2.05, 4.69) is 0 Å². The molecular formula is C21H22N2O4. The van der Waals surface area contributed by atoms with Crippen molar-refractivity contribution < 1.29 is 19.1 Å². The first-order chi connectivity index (χ1) is 13.0. The number of carbonyl (C=O) groups is 2. The SMILES string of the molecule is CCN1C(=O)C(c2ccc(OC)c(OC)c2)=C(N(C)c2ccccc2)C1=O. The van der Waals surface area contributed by atoms with E-state index in [9.17, 15) is 9.59 Å². The van der Waals surface area contributed by atoms with Gasteiger partial charge in [0.05, 0.1) is 19.8 Å². The van der Waals surface area contributed by atoms with Crippen LogP contribution in [-0.2, 0) is 9.59 Å². The van der Waals surface area contributed by atoms with Gasteiger partial charge in [-0.2, -0.15) is 0 Å². The van der Waals surface area contributed by atoms with Gasteiger partial charge in [-0.15, -0.1) is 0 Å². The smallest absolute Gasteiger partial charge is 0.278 e. The second-order valence-electron chi connectivity index (χ2n) is 6.04. The maximum Gasteiger partial charge on any atom is 0.278 e. The van der Waals surface area contributed by atoms with Crippen LogP contribution in [0.1, 0.15) is 12.5 Å². The molecule has 0 saturated carbocycles. The molecular weight excluding hydrogens is 344 g/mol. The van der Waals surface area contributed by atoms with Crippen LogP contribution in [0.2, 0.25) is 0 Å². The van der Waals surface area contributed by atoms with Gasteiger partial charge in [0, 0.05) is 19.3 Å². The van der Waals surface area contributed by atoms with Gasteiger partial charge in [0.15, 0.2) is 11.5 Å². The molecule has 0 atom stereocenters. The Balaban J connectivity index is 2.19. The molecule has 0 aromatic heterocycles. The number of benzene rings is 2. The highest BCUT2D eigenvalue weighted by Gasteiger charge is 2.40. The number of methoxy groups -OCH3 is 2. The zero-order valence-electron chi connectivity index (χ0n) is 15.9.